The number of hydrogen-bond donors (Lipinski definition) is 2. The molecule has 0 aromatic heterocycles. The quantitative estimate of drug-likeness (QED) is 0.672. The molecule has 2 atom stereocenters. The highest BCUT2D eigenvalue weighted by atomic mass is 79.9. The number of quaternary nitrogens is 1. The lowest BCUT2D eigenvalue weighted by molar-refractivity contribution is -0.846. The molecule has 1 aliphatic rings. The first-order valence-electron chi connectivity index (χ1n) is 6.93. The summed E-state index contributed by atoms with van der Waals surface area (Å²) < 4.78 is 0. The Hall–Kier alpha value is -1.62. The second kappa shape index (κ2) is 6.89. The van der Waals surface area contributed by atoms with Crippen LogP contribution < -0.4 is 32.5 Å². The second-order valence-corrected chi connectivity index (χ2v) is 5.09. The number of hydrogen-bond acceptors (Lipinski definition) is 2. The van der Waals surface area contributed by atoms with E-state index in [9.17, 15) is 0 Å². The molecule has 0 fully saturated rings. The van der Waals surface area contributed by atoms with Crippen LogP contribution >= 0.6 is 0 Å². The summed E-state index contributed by atoms with van der Waals surface area (Å²) in [5, 5.41) is 0. The first-order chi connectivity index (χ1) is 9.81. The van der Waals surface area contributed by atoms with Crippen LogP contribution in [0.4, 0.5) is 11.4 Å². The smallest absolute Gasteiger partial charge is 0.224 e. The predicted molar refractivity (Wildman–Crippen MR) is 82.7 cm³/mol. The van der Waals surface area contributed by atoms with Crippen molar-refractivity contribution in [3.05, 3.63) is 72.8 Å². The van der Waals surface area contributed by atoms with Gasteiger partial charge in [0.2, 0.25) is 6.29 Å². The standard InChI is InChI=1S/C17H19N3.BrH/c1-2-12-19-15-10-6-7-11-16(15)20(17(19)18)13-14-8-4-3-5-9-14;/h2-11,17H,1,12-13,18H2;1H. The summed E-state index contributed by atoms with van der Waals surface area (Å²) in [5.74, 6) is 0. The van der Waals surface area contributed by atoms with E-state index in [4.69, 9.17) is 5.73 Å². The van der Waals surface area contributed by atoms with E-state index in [0.717, 1.165) is 13.1 Å². The maximum absolute atomic E-state index is 6.45. The van der Waals surface area contributed by atoms with Gasteiger partial charge in [0.1, 0.15) is 12.2 Å². The van der Waals surface area contributed by atoms with Gasteiger partial charge in [0.05, 0.1) is 6.54 Å². The summed E-state index contributed by atoms with van der Waals surface area (Å²) in [6.45, 7) is 5.52. The van der Waals surface area contributed by atoms with Gasteiger partial charge < -0.3 is 17.0 Å². The van der Waals surface area contributed by atoms with E-state index in [0.29, 0.717) is 0 Å². The Bertz CT molecular complexity index is 600. The van der Waals surface area contributed by atoms with E-state index < -0.39 is 0 Å². The highest BCUT2D eigenvalue weighted by molar-refractivity contribution is 5.65. The van der Waals surface area contributed by atoms with Crippen molar-refractivity contribution in [2.75, 3.05) is 11.4 Å². The van der Waals surface area contributed by atoms with E-state index >= 15 is 0 Å². The van der Waals surface area contributed by atoms with Gasteiger partial charge >= 0.3 is 0 Å². The Morgan fingerprint density at radius 1 is 1.10 bits per heavy atom. The first-order valence-corrected chi connectivity index (χ1v) is 6.93. The van der Waals surface area contributed by atoms with Gasteiger partial charge in [-0.2, -0.15) is 0 Å². The van der Waals surface area contributed by atoms with Gasteiger partial charge in [0.15, 0.2) is 5.69 Å². The second-order valence-electron chi connectivity index (χ2n) is 5.09. The Morgan fingerprint density at radius 2 is 1.76 bits per heavy atom. The van der Waals surface area contributed by atoms with Crippen molar-refractivity contribution in [1.82, 2.24) is 0 Å². The zero-order chi connectivity index (χ0) is 13.9. The first kappa shape index (κ1) is 15.8. The molecule has 0 aliphatic carbocycles. The maximum atomic E-state index is 6.45. The van der Waals surface area contributed by atoms with Crippen LogP contribution in [-0.2, 0) is 6.54 Å². The zero-order valence-corrected chi connectivity index (χ0v) is 13.5. The van der Waals surface area contributed by atoms with Crippen molar-refractivity contribution in [2.24, 2.45) is 5.73 Å². The highest BCUT2D eigenvalue weighted by Gasteiger charge is 2.37. The Labute approximate surface area is 136 Å². The summed E-state index contributed by atoms with van der Waals surface area (Å²) in [6.07, 6.45) is 1.86. The molecule has 0 saturated carbocycles. The number of nitrogens with one attached hydrogen (secondary N) is 1. The molecule has 2 unspecified atom stereocenters. The van der Waals surface area contributed by atoms with Crippen LogP contribution in [0.3, 0.4) is 0 Å². The minimum Gasteiger partial charge on any atom is -1.00 e. The molecule has 3 nitrogen and oxygen atoms in total. The molecule has 3 rings (SSSR count). The van der Waals surface area contributed by atoms with Crippen LogP contribution in [0, 0.1) is 0 Å². The number of benzene rings is 2. The lowest BCUT2D eigenvalue weighted by atomic mass is 10.2. The molecule has 1 heterocycles. The van der Waals surface area contributed by atoms with Crippen LogP contribution in [0.25, 0.3) is 0 Å². The molecule has 21 heavy (non-hydrogen) atoms. The van der Waals surface area contributed by atoms with E-state index in [2.05, 4.69) is 60.0 Å². The maximum Gasteiger partial charge on any atom is 0.224 e. The highest BCUT2D eigenvalue weighted by Crippen LogP contribution is 2.29. The third kappa shape index (κ3) is 3.02. The average Bonchev–Trinajstić information content (AvgIpc) is 2.75. The molecule has 2 aromatic carbocycles. The number of anilines is 1. The van der Waals surface area contributed by atoms with Crippen molar-refractivity contribution in [2.45, 2.75) is 12.8 Å². The average molecular weight is 346 g/mol. The van der Waals surface area contributed by atoms with Crippen LogP contribution in [0.2, 0.25) is 0 Å². The number of para-hydroxylation sites is 2. The SMILES string of the molecule is C=CC[NH+]1c2ccccc2N(Cc2ccccc2)C1N.[Br-]. The van der Waals surface area contributed by atoms with Gasteiger partial charge in [-0.15, -0.1) is 0 Å². The molecule has 0 saturated heterocycles. The van der Waals surface area contributed by atoms with Crippen LogP contribution in [-0.4, -0.2) is 12.8 Å². The Kier molecular flexibility index (Phi) is 5.17. The molecule has 0 spiro atoms. The van der Waals surface area contributed by atoms with Crippen LogP contribution in [0.5, 0.6) is 0 Å². The van der Waals surface area contributed by atoms with E-state index in [1.165, 1.54) is 21.8 Å². The molecule has 4 heteroatoms. The monoisotopic (exact) mass is 345 g/mol. The van der Waals surface area contributed by atoms with Crippen molar-refractivity contribution >= 4 is 11.4 Å². The van der Waals surface area contributed by atoms with Gasteiger partial charge in [-0.25, -0.2) is 0 Å². The third-order valence-electron chi connectivity index (χ3n) is 3.81. The van der Waals surface area contributed by atoms with Crippen LogP contribution in [0.15, 0.2) is 67.3 Å². The van der Waals surface area contributed by atoms with E-state index in [1.54, 1.807) is 0 Å². The van der Waals surface area contributed by atoms with E-state index in [-0.39, 0.29) is 23.3 Å². The molecule has 1 aliphatic heterocycles. The van der Waals surface area contributed by atoms with Crippen molar-refractivity contribution < 1.29 is 21.9 Å². The fourth-order valence-electron chi connectivity index (χ4n) is 2.84. The summed E-state index contributed by atoms with van der Waals surface area (Å²) in [5.41, 5.74) is 10.2. The van der Waals surface area contributed by atoms with Gasteiger partial charge in [-0.05, 0) is 17.7 Å². The fourth-order valence-corrected chi connectivity index (χ4v) is 2.84. The third-order valence-corrected chi connectivity index (χ3v) is 3.81. The van der Waals surface area contributed by atoms with E-state index in [1.807, 2.05) is 12.1 Å². The lowest BCUT2D eigenvalue weighted by Gasteiger charge is -2.24. The van der Waals surface area contributed by atoms with Gasteiger partial charge in [0.25, 0.3) is 0 Å². The normalized spacial score (nSPS) is 19.8. The predicted octanol–water partition coefficient (Wildman–Crippen LogP) is -1.34. The summed E-state index contributed by atoms with van der Waals surface area (Å²) >= 11 is 0. The molecule has 0 bridgehead atoms. The van der Waals surface area contributed by atoms with Crippen molar-refractivity contribution in [1.29, 1.82) is 0 Å². The van der Waals surface area contributed by atoms with Crippen LogP contribution in [0.1, 0.15) is 5.56 Å². The van der Waals surface area contributed by atoms with Crippen molar-refractivity contribution in [3.8, 4) is 0 Å². The molecule has 0 amide bonds. The molecular weight excluding hydrogens is 326 g/mol. The zero-order valence-electron chi connectivity index (χ0n) is 11.9. The molecular formula is C17H20BrN3. The number of halogens is 1. The number of nitrogens with two attached hydrogens (primary N) is 1. The van der Waals surface area contributed by atoms with Crippen molar-refractivity contribution in [3.63, 3.8) is 0 Å². The topological polar surface area (TPSA) is 33.7 Å². The van der Waals surface area contributed by atoms with Gasteiger partial charge in [0, 0.05) is 6.07 Å². The minimum atomic E-state index is -0.0643. The molecule has 0 radical (unpaired) electrons. The molecule has 110 valence electrons. The Morgan fingerprint density at radius 3 is 2.48 bits per heavy atom. The molecule has 3 N–H and O–H groups in total. The Balaban J connectivity index is 0.00000161. The number of nitrogens with zero attached hydrogens (tertiary/aromatic N) is 1. The fraction of sp³-hybridized carbons (Fsp3) is 0.176. The summed E-state index contributed by atoms with van der Waals surface area (Å²) in [7, 11) is 0. The van der Waals surface area contributed by atoms with Gasteiger partial charge in [-0.3, -0.25) is 15.5 Å². The molecule has 2 aromatic rings. The lowest BCUT2D eigenvalue weighted by Crippen LogP contribution is -3.13. The number of fused-ring (bicyclic) bond motifs is 1. The van der Waals surface area contributed by atoms with Gasteiger partial charge in [-0.1, -0.05) is 49.0 Å². The summed E-state index contributed by atoms with van der Waals surface area (Å²) in [6, 6.07) is 18.9. The summed E-state index contributed by atoms with van der Waals surface area (Å²) in [4.78, 5) is 3.52. The largest absolute Gasteiger partial charge is 1.00 e. The number of rotatable bonds is 4. The minimum absolute atomic E-state index is 0.